The molecule has 0 radical (unpaired) electrons. The maximum atomic E-state index is 7.31. The summed E-state index contributed by atoms with van der Waals surface area (Å²) in [5.41, 5.74) is 3.24. The molecule has 0 amide bonds. The molecule has 0 bridgehead atoms. The minimum absolute atomic E-state index is 0.189. The van der Waals surface area contributed by atoms with Crippen LogP contribution in [0.2, 0.25) is 18.1 Å². The SMILES string of the molecule is [C-]#[N+]c1cc([N+]#[C-])cc(Sc2c(CC)nn(CCO[Si](C)(C)C(C)(C)C)c2CC)c1. The molecule has 30 heavy (non-hydrogen) atoms. The van der Waals surface area contributed by atoms with Gasteiger partial charge in [0, 0.05) is 0 Å². The van der Waals surface area contributed by atoms with E-state index in [1.54, 1.807) is 17.8 Å². The maximum absolute atomic E-state index is 7.31. The fourth-order valence-corrected chi connectivity index (χ4v) is 5.19. The average molecular weight is 441 g/mol. The molecule has 0 unspecified atom stereocenters. The highest BCUT2D eigenvalue weighted by atomic mass is 32.2. The third kappa shape index (κ3) is 5.54. The molecule has 2 aromatic rings. The molecule has 0 fully saturated rings. The predicted octanol–water partition coefficient (Wildman–Crippen LogP) is 7.28. The minimum Gasteiger partial charge on any atom is -0.415 e. The zero-order chi connectivity index (χ0) is 22.5. The third-order valence-corrected chi connectivity index (χ3v) is 11.4. The third-order valence-electron chi connectivity index (χ3n) is 5.67. The van der Waals surface area contributed by atoms with Gasteiger partial charge in [-0.25, -0.2) is 9.69 Å². The summed E-state index contributed by atoms with van der Waals surface area (Å²) in [4.78, 5) is 9.09. The van der Waals surface area contributed by atoms with Crippen LogP contribution >= 0.6 is 11.8 Å². The lowest BCUT2D eigenvalue weighted by Gasteiger charge is -2.36. The Labute approximate surface area is 186 Å². The normalized spacial score (nSPS) is 11.9. The Kier molecular flexibility index (Phi) is 7.93. The smallest absolute Gasteiger partial charge is 0.192 e. The number of aryl methyl sites for hydroxylation is 1. The molecule has 0 spiro atoms. The second-order valence-corrected chi connectivity index (χ2v) is 14.7. The van der Waals surface area contributed by atoms with E-state index in [0.29, 0.717) is 18.0 Å². The van der Waals surface area contributed by atoms with Crippen LogP contribution in [0.5, 0.6) is 0 Å². The number of hydrogen-bond donors (Lipinski definition) is 0. The second kappa shape index (κ2) is 9.83. The number of benzene rings is 1. The van der Waals surface area contributed by atoms with E-state index >= 15 is 0 Å². The molecule has 0 aliphatic carbocycles. The van der Waals surface area contributed by atoms with Gasteiger partial charge in [0.05, 0.1) is 42.6 Å². The van der Waals surface area contributed by atoms with Crippen LogP contribution in [-0.2, 0) is 23.8 Å². The number of rotatable bonds is 8. The summed E-state index contributed by atoms with van der Waals surface area (Å²) in [6, 6.07) is 5.33. The van der Waals surface area contributed by atoms with Crippen LogP contribution in [0.4, 0.5) is 11.4 Å². The Morgan fingerprint density at radius 3 is 2.13 bits per heavy atom. The molecule has 0 aliphatic rings. The quantitative estimate of drug-likeness (QED) is 0.319. The van der Waals surface area contributed by atoms with Gasteiger partial charge in [-0.1, -0.05) is 52.4 Å². The first-order valence-corrected chi connectivity index (χ1v) is 14.1. The van der Waals surface area contributed by atoms with E-state index < -0.39 is 8.32 Å². The van der Waals surface area contributed by atoms with Gasteiger partial charge in [-0.15, -0.1) is 0 Å². The van der Waals surface area contributed by atoms with Crippen molar-refractivity contribution in [2.75, 3.05) is 6.61 Å². The highest BCUT2D eigenvalue weighted by molar-refractivity contribution is 7.99. The predicted molar refractivity (Wildman–Crippen MR) is 127 cm³/mol. The molecule has 2 rings (SSSR count). The van der Waals surface area contributed by atoms with E-state index in [2.05, 4.69) is 62.1 Å². The van der Waals surface area contributed by atoms with Crippen LogP contribution < -0.4 is 0 Å². The van der Waals surface area contributed by atoms with Crippen LogP contribution in [-0.4, -0.2) is 24.7 Å². The molecule has 0 saturated heterocycles. The van der Waals surface area contributed by atoms with Gasteiger partial charge in [0.1, 0.15) is 0 Å². The van der Waals surface area contributed by atoms with E-state index in [0.717, 1.165) is 34.9 Å². The van der Waals surface area contributed by atoms with Crippen molar-refractivity contribution >= 4 is 31.5 Å². The lowest BCUT2D eigenvalue weighted by atomic mass is 10.2. The van der Waals surface area contributed by atoms with Crippen molar-refractivity contribution in [1.29, 1.82) is 0 Å². The minimum atomic E-state index is -1.79. The molecule has 0 aliphatic heterocycles. The molecule has 5 nitrogen and oxygen atoms in total. The van der Waals surface area contributed by atoms with Crippen molar-refractivity contribution < 1.29 is 4.43 Å². The summed E-state index contributed by atoms with van der Waals surface area (Å²) in [5, 5.41) is 5.06. The van der Waals surface area contributed by atoms with Crippen molar-refractivity contribution in [3.05, 3.63) is 52.4 Å². The first-order valence-electron chi connectivity index (χ1n) is 10.4. The Balaban J connectivity index is 2.29. The zero-order valence-electron chi connectivity index (χ0n) is 19.2. The van der Waals surface area contributed by atoms with E-state index in [1.165, 1.54) is 5.69 Å². The standard InChI is InChI=1S/C23H32N4OSSi/c1-10-20-22(29-19-15-17(24-6)14-18(16-19)25-7)21(11-2)27(26-20)12-13-28-30(8,9)23(3,4)5/h14-16H,10-13H2,1-5,8-9H3. The van der Waals surface area contributed by atoms with Gasteiger partial charge in [0.15, 0.2) is 19.7 Å². The van der Waals surface area contributed by atoms with E-state index in [1.807, 2.05) is 12.1 Å². The lowest BCUT2D eigenvalue weighted by molar-refractivity contribution is 0.264. The van der Waals surface area contributed by atoms with E-state index in [4.69, 9.17) is 22.7 Å². The first-order chi connectivity index (χ1) is 14.1. The van der Waals surface area contributed by atoms with Gasteiger partial charge in [-0.3, -0.25) is 4.68 Å². The summed E-state index contributed by atoms with van der Waals surface area (Å²) in [7, 11) is -1.79. The summed E-state index contributed by atoms with van der Waals surface area (Å²) in [6.07, 6.45) is 1.71. The molecule has 1 heterocycles. The molecule has 7 heteroatoms. The van der Waals surface area contributed by atoms with Crippen LogP contribution in [0.25, 0.3) is 9.69 Å². The molecule has 0 atom stereocenters. The van der Waals surface area contributed by atoms with Crippen LogP contribution in [0.15, 0.2) is 28.0 Å². The van der Waals surface area contributed by atoms with Crippen molar-refractivity contribution in [2.24, 2.45) is 0 Å². The highest BCUT2D eigenvalue weighted by Gasteiger charge is 2.37. The van der Waals surface area contributed by atoms with Crippen LogP contribution in [0.1, 0.15) is 46.0 Å². The Morgan fingerprint density at radius 1 is 1.07 bits per heavy atom. The van der Waals surface area contributed by atoms with Crippen molar-refractivity contribution in [3.63, 3.8) is 0 Å². The monoisotopic (exact) mass is 440 g/mol. The van der Waals surface area contributed by atoms with Crippen molar-refractivity contribution in [1.82, 2.24) is 9.78 Å². The molecule has 0 N–H and O–H groups in total. The van der Waals surface area contributed by atoms with Gasteiger partial charge >= 0.3 is 0 Å². The zero-order valence-corrected chi connectivity index (χ0v) is 21.0. The largest absolute Gasteiger partial charge is 0.415 e. The Hall–Kier alpha value is -2.06. The Bertz CT molecular complexity index is 945. The second-order valence-electron chi connectivity index (χ2n) is 8.77. The van der Waals surface area contributed by atoms with Gasteiger partial charge in [-0.05, 0) is 48.0 Å². The molecular weight excluding hydrogens is 408 g/mol. The van der Waals surface area contributed by atoms with Gasteiger partial charge in [0.25, 0.3) is 0 Å². The van der Waals surface area contributed by atoms with Crippen LogP contribution in [0, 0.1) is 13.1 Å². The summed E-state index contributed by atoms with van der Waals surface area (Å²) < 4.78 is 8.45. The number of nitrogens with zero attached hydrogens (tertiary/aromatic N) is 4. The molecule has 0 saturated carbocycles. The molecule has 160 valence electrons. The molecule has 1 aromatic heterocycles. The van der Waals surface area contributed by atoms with Gasteiger partial charge in [0.2, 0.25) is 0 Å². The van der Waals surface area contributed by atoms with Gasteiger partial charge in [-0.2, -0.15) is 5.10 Å². The summed E-state index contributed by atoms with van der Waals surface area (Å²) in [5.74, 6) is 0. The number of aromatic nitrogens is 2. The average Bonchev–Trinajstić information content (AvgIpc) is 3.02. The van der Waals surface area contributed by atoms with Gasteiger partial charge < -0.3 is 4.43 Å². The van der Waals surface area contributed by atoms with Crippen LogP contribution in [0.3, 0.4) is 0 Å². The first kappa shape index (κ1) is 24.2. The maximum Gasteiger partial charge on any atom is 0.192 e. The Morgan fingerprint density at radius 2 is 1.67 bits per heavy atom. The highest BCUT2D eigenvalue weighted by Crippen LogP contribution is 2.39. The fraction of sp³-hybridized carbons (Fsp3) is 0.522. The lowest BCUT2D eigenvalue weighted by Crippen LogP contribution is -2.41. The molecule has 1 aromatic carbocycles. The number of hydrogen-bond acceptors (Lipinski definition) is 3. The van der Waals surface area contributed by atoms with E-state index in [9.17, 15) is 0 Å². The topological polar surface area (TPSA) is 35.8 Å². The van der Waals surface area contributed by atoms with E-state index in [-0.39, 0.29) is 5.04 Å². The van der Waals surface area contributed by atoms with Crippen molar-refractivity contribution in [3.8, 4) is 0 Å². The summed E-state index contributed by atoms with van der Waals surface area (Å²) >= 11 is 1.61. The fourth-order valence-electron chi connectivity index (χ4n) is 2.89. The summed E-state index contributed by atoms with van der Waals surface area (Å²) in [6.45, 7) is 31.6. The van der Waals surface area contributed by atoms with Crippen molar-refractivity contribution in [2.45, 2.75) is 81.9 Å². The molecular formula is C23H32N4OSSi.